The molecule has 0 aliphatic carbocycles. The summed E-state index contributed by atoms with van der Waals surface area (Å²) in [6.45, 7) is 1.33. The van der Waals surface area contributed by atoms with E-state index in [0.717, 1.165) is 16.3 Å². The van der Waals surface area contributed by atoms with Crippen LogP contribution in [0, 0.1) is 0 Å². The zero-order valence-corrected chi connectivity index (χ0v) is 14.5. The van der Waals surface area contributed by atoms with Crippen LogP contribution in [-0.4, -0.2) is 17.8 Å². The third-order valence-corrected chi connectivity index (χ3v) is 4.06. The molecule has 5 nitrogen and oxygen atoms in total. The van der Waals surface area contributed by atoms with Gasteiger partial charge >= 0.3 is 11.9 Å². The van der Waals surface area contributed by atoms with E-state index < -0.39 is 11.9 Å². The van der Waals surface area contributed by atoms with Crippen LogP contribution in [0.4, 0.5) is 0 Å². The number of aliphatic imine (C=N–C) groups is 1. The molecule has 3 aromatic rings. The predicted octanol–water partition coefficient (Wildman–Crippen LogP) is 4.11. The third-order valence-electron chi connectivity index (χ3n) is 4.06. The molecule has 0 atom stereocenters. The number of hydrogen-bond acceptors (Lipinski definition) is 5. The quantitative estimate of drug-likeness (QED) is 0.402. The summed E-state index contributed by atoms with van der Waals surface area (Å²) in [6.07, 6.45) is 1.60. The molecule has 0 fully saturated rings. The Morgan fingerprint density at radius 2 is 1.81 bits per heavy atom. The molecule has 1 aliphatic heterocycles. The minimum atomic E-state index is -0.518. The first-order chi connectivity index (χ1) is 13.1. The molecule has 132 valence electrons. The highest BCUT2D eigenvalue weighted by Gasteiger charge is 2.25. The van der Waals surface area contributed by atoms with E-state index in [-0.39, 0.29) is 11.6 Å². The number of fused-ring (bicyclic) bond motifs is 1. The second-order valence-electron chi connectivity index (χ2n) is 6.03. The van der Waals surface area contributed by atoms with Crippen LogP contribution < -0.4 is 4.74 Å². The number of esters is 2. The highest BCUT2D eigenvalue weighted by molar-refractivity contribution is 6.17. The summed E-state index contributed by atoms with van der Waals surface area (Å²) in [5.41, 5.74) is 1.64. The van der Waals surface area contributed by atoms with Gasteiger partial charge < -0.3 is 9.47 Å². The fourth-order valence-corrected chi connectivity index (χ4v) is 2.93. The lowest BCUT2D eigenvalue weighted by Gasteiger charge is -2.04. The molecule has 0 amide bonds. The van der Waals surface area contributed by atoms with E-state index in [2.05, 4.69) is 4.99 Å². The van der Waals surface area contributed by atoms with Crippen molar-refractivity contribution < 1.29 is 19.1 Å². The SMILES string of the molecule is CC(=O)Oc1cccc(/C=C2/N=C(c3cccc4ccccc34)OC2=O)c1. The molecule has 4 rings (SSSR count). The van der Waals surface area contributed by atoms with E-state index in [1.165, 1.54) is 6.92 Å². The van der Waals surface area contributed by atoms with Crippen molar-refractivity contribution in [3.63, 3.8) is 0 Å². The predicted molar refractivity (Wildman–Crippen MR) is 102 cm³/mol. The molecule has 1 heterocycles. The minimum absolute atomic E-state index is 0.193. The molecule has 0 unspecified atom stereocenters. The summed E-state index contributed by atoms with van der Waals surface area (Å²) in [6, 6.07) is 20.5. The Balaban J connectivity index is 1.71. The molecular weight excluding hydrogens is 342 g/mol. The highest BCUT2D eigenvalue weighted by atomic mass is 16.6. The number of cyclic esters (lactones) is 1. The zero-order chi connectivity index (χ0) is 18.8. The van der Waals surface area contributed by atoms with Crippen molar-refractivity contribution in [3.05, 3.63) is 83.6 Å². The molecule has 5 heteroatoms. The summed E-state index contributed by atoms with van der Waals surface area (Å²) >= 11 is 0. The van der Waals surface area contributed by atoms with E-state index in [0.29, 0.717) is 11.3 Å². The Kier molecular flexibility index (Phi) is 4.26. The molecule has 0 radical (unpaired) electrons. The van der Waals surface area contributed by atoms with E-state index in [4.69, 9.17) is 9.47 Å². The first-order valence-electron chi connectivity index (χ1n) is 8.39. The van der Waals surface area contributed by atoms with Gasteiger partial charge in [-0.25, -0.2) is 9.79 Å². The average Bonchev–Trinajstić information content (AvgIpc) is 3.01. The van der Waals surface area contributed by atoms with Crippen LogP contribution in [0.25, 0.3) is 16.8 Å². The lowest BCUT2D eigenvalue weighted by atomic mass is 10.0. The Bertz CT molecular complexity index is 1120. The number of hydrogen-bond donors (Lipinski definition) is 0. The van der Waals surface area contributed by atoms with Gasteiger partial charge in [-0.3, -0.25) is 4.79 Å². The van der Waals surface area contributed by atoms with Crippen LogP contribution in [0.1, 0.15) is 18.1 Å². The maximum Gasteiger partial charge on any atom is 0.363 e. The monoisotopic (exact) mass is 357 g/mol. The van der Waals surface area contributed by atoms with Crippen LogP contribution >= 0.6 is 0 Å². The largest absolute Gasteiger partial charge is 0.427 e. The topological polar surface area (TPSA) is 65.0 Å². The van der Waals surface area contributed by atoms with Crippen molar-refractivity contribution >= 4 is 34.7 Å². The summed E-state index contributed by atoms with van der Waals surface area (Å²) in [5, 5.41) is 2.00. The number of ether oxygens (including phenoxy) is 2. The Hall–Kier alpha value is -3.73. The van der Waals surface area contributed by atoms with Crippen molar-refractivity contribution in [2.24, 2.45) is 4.99 Å². The van der Waals surface area contributed by atoms with E-state index in [1.54, 1.807) is 30.3 Å². The summed E-state index contributed by atoms with van der Waals surface area (Å²) in [5.74, 6) is -0.243. The van der Waals surface area contributed by atoms with Gasteiger partial charge in [-0.15, -0.1) is 0 Å². The van der Waals surface area contributed by atoms with Gasteiger partial charge in [-0.2, -0.15) is 0 Å². The molecule has 0 spiro atoms. The molecule has 0 saturated heterocycles. The minimum Gasteiger partial charge on any atom is -0.427 e. The number of carbonyl (C=O) groups is 2. The van der Waals surface area contributed by atoms with Gasteiger partial charge in [0.1, 0.15) is 5.75 Å². The standard InChI is InChI=1S/C22H15NO4/c1-14(24)26-17-9-4-6-15(12-17)13-20-22(25)27-21(23-20)19-11-5-8-16-7-2-3-10-18(16)19/h2-13H,1H3/b20-13+. The summed E-state index contributed by atoms with van der Waals surface area (Å²) < 4.78 is 10.5. The normalized spacial score (nSPS) is 14.9. The van der Waals surface area contributed by atoms with E-state index in [9.17, 15) is 9.59 Å². The number of rotatable bonds is 3. The smallest absolute Gasteiger partial charge is 0.363 e. The highest BCUT2D eigenvalue weighted by Crippen LogP contribution is 2.25. The van der Waals surface area contributed by atoms with Gasteiger partial charge in [-0.1, -0.05) is 48.5 Å². The first-order valence-corrected chi connectivity index (χ1v) is 8.39. The molecule has 1 aliphatic rings. The lowest BCUT2D eigenvalue weighted by Crippen LogP contribution is -2.05. The van der Waals surface area contributed by atoms with E-state index in [1.807, 2.05) is 42.5 Å². The molecule has 27 heavy (non-hydrogen) atoms. The van der Waals surface area contributed by atoms with Crippen LogP contribution in [0.5, 0.6) is 5.75 Å². The van der Waals surface area contributed by atoms with Gasteiger partial charge in [0.2, 0.25) is 5.90 Å². The van der Waals surface area contributed by atoms with Crippen LogP contribution in [-0.2, 0) is 14.3 Å². The maximum atomic E-state index is 12.3. The van der Waals surface area contributed by atoms with Gasteiger partial charge in [0, 0.05) is 12.5 Å². The Morgan fingerprint density at radius 1 is 1.04 bits per heavy atom. The second-order valence-corrected chi connectivity index (χ2v) is 6.03. The first kappa shape index (κ1) is 16.7. The molecule has 0 saturated carbocycles. The van der Waals surface area contributed by atoms with E-state index >= 15 is 0 Å². The third kappa shape index (κ3) is 3.48. The molecule has 0 aromatic heterocycles. The fraction of sp³-hybridized carbons (Fsp3) is 0.0455. The zero-order valence-electron chi connectivity index (χ0n) is 14.5. The summed E-state index contributed by atoms with van der Waals surface area (Å²) in [7, 11) is 0. The van der Waals surface area contributed by atoms with Gasteiger partial charge in [0.05, 0.1) is 0 Å². The van der Waals surface area contributed by atoms with Crippen molar-refractivity contribution in [2.75, 3.05) is 0 Å². The van der Waals surface area contributed by atoms with Crippen molar-refractivity contribution in [1.29, 1.82) is 0 Å². The van der Waals surface area contributed by atoms with Gasteiger partial charge in [0.15, 0.2) is 5.70 Å². The van der Waals surface area contributed by atoms with Gasteiger partial charge in [0.25, 0.3) is 0 Å². The van der Waals surface area contributed by atoms with Crippen LogP contribution in [0.2, 0.25) is 0 Å². The number of benzene rings is 3. The Morgan fingerprint density at radius 3 is 2.67 bits per heavy atom. The average molecular weight is 357 g/mol. The van der Waals surface area contributed by atoms with Crippen LogP contribution in [0.3, 0.4) is 0 Å². The Labute approximate surface area is 155 Å². The molecule has 0 N–H and O–H groups in total. The van der Waals surface area contributed by atoms with Gasteiger partial charge in [-0.05, 0) is 40.6 Å². The maximum absolute atomic E-state index is 12.3. The van der Waals surface area contributed by atoms with Crippen LogP contribution in [0.15, 0.2) is 77.4 Å². The lowest BCUT2D eigenvalue weighted by molar-refractivity contribution is -0.132. The molecule has 3 aromatic carbocycles. The van der Waals surface area contributed by atoms with Crippen molar-refractivity contribution in [1.82, 2.24) is 0 Å². The van der Waals surface area contributed by atoms with Crippen molar-refractivity contribution in [3.8, 4) is 5.75 Å². The second kappa shape index (κ2) is 6.88. The summed E-state index contributed by atoms with van der Waals surface area (Å²) in [4.78, 5) is 27.7. The molecular formula is C22H15NO4. The van der Waals surface area contributed by atoms with Crippen molar-refractivity contribution in [2.45, 2.75) is 6.92 Å². The number of carbonyl (C=O) groups excluding carboxylic acids is 2. The fourth-order valence-electron chi connectivity index (χ4n) is 2.93. The number of nitrogens with zero attached hydrogens (tertiary/aromatic N) is 1. The molecule has 0 bridgehead atoms.